The van der Waals surface area contributed by atoms with Crippen LogP contribution in [0.25, 0.3) is 0 Å². The van der Waals surface area contributed by atoms with E-state index < -0.39 is 5.97 Å². The average Bonchev–Trinajstić information content (AvgIpc) is 3.03. The Bertz CT molecular complexity index is 607. The fraction of sp³-hybridized carbons (Fsp3) is 0.333. The van der Waals surface area contributed by atoms with Crippen molar-refractivity contribution in [2.24, 2.45) is 0 Å². The lowest BCUT2D eigenvalue weighted by Gasteiger charge is -2.34. The van der Waals surface area contributed by atoms with Gasteiger partial charge in [0.25, 0.3) is 0 Å². The maximum atomic E-state index is 11.2. The van der Waals surface area contributed by atoms with Crippen molar-refractivity contribution >= 4 is 22.4 Å². The zero-order chi connectivity index (χ0) is 14.7. The summed E-state index contributed by atoms with van der Waals surface area (Å²) in [7, 11) is 0. The summed E-state index contributed by atoms with van der Waals surface area (Å²) in [5.74, 6) is -0.855. The van der Waals surface area contributed by atoms with E-state index in [1.54, 1.807) is 23.5 Å². The number of carbonyl (C=O) groups is 1. The van der Waals surface area contributed by atoms with Crippen LogP contribution < -0.4 is 4.90 Å². The third-order valence-corrected chi connectivity index (χ3v) is 4.54. The van der Waals surface area contributed by atoms with Crippen molar-refractivity contribution < 1.29 is 9.90 Å². The summed E-state index contributed by atoms with van der Waals surface area (Å²) in [6.45, 7) is 4.40. The maximum absolute atomic E-state index is 11.2. The molecule has 1 N–H and O–H groups in total. The summed E-state index contributed by atoms with van der Waals surface area (Å²) in [5, 5.41) is 12.3. The van der Waals surface area contributed by atoms with Crippen LogP contribution in [0.3, 0.4) is 0 Å². The molecule has 0 radical (unpaired) electrons. The molecule has 0 amide bonds. The van der Waals surface area contributed by atoms with Crippen LogP contribution in [0.1, 0.15) is 15.9 Å². The molecule has 5 nitrogen and oxygen atoms in total. The van der Waals surface area contributed by atoms with E-state index in [-0.39, 0.29) is 0 Å². The first-order valence-corrected chi connectivity index (χ1v) is 7.80. The van der Waals surface area contributed by atoms with Crippen LogP contribution in [-0.2, 0) is 6.54 Å². The largest absolute Gasteiger partial charge is 0.478 e. The molecule has 6 heteroatoms. The molecule has 2 aromatic rings. The molecule has 0 spiro atoms. The predicted molar refractivity (Wildman–Crippen MR) is 83.0 cm³/mol. The number of nitrogens with zero attached hydrogens (tertiary/aromatic N) is 3. The predicted octanol–water partition coefficient (Wildman–Crippen LogP) is 2.16. The highest BCUT2D eigenvalue weighted by Crippen LogP contribution is 2.20. The van der Waals surface area contributed by atoms with E-state index in [4.69, 9.17) is 0 Å². The van der Waals surface area contributed by atoms with Crippen molar-refractivity contribution in [3.05, 3.63) is 47.0 Å². The van der Waals surface area contributed by atoms with E-state index in [0.717, 1.165) is 36.9 Å². The molecule has 2 heterocycles. The number of rotatable bonds is 4. The number of thiazole rings is 1. The fourth-order valence-electron chi connectivity index (χ4n) is 2.58. The molecule has 1 saturated heterocycles. The molecular weight excluding hydrogens is 286 g/mol. The molecule has 1 aliphatic heterocycles. The summed E-state index contributed by atoms with van der Waals surface area (Å²) in [4.78, 5) is 20.2. The van der Waals surface area contributed by atoms with E-state index in [1.165, 1.54) is 0 Å². The third kappa shape index (κ3) is 3.22. The molecule has 0 unspecified atom stereocenters. The van der Waals surface area contributed by atoms with E-state index >= 15 is 0 Å². The molecular formula is C15H17N3O2S. The van der Waals surface area contributed by atoms with Gasteiger partial charge >= 0.3 is 5.97 Å². The van der Waals surface area contributed by atoms with Crippen molar-refractivity contribution in [2.45, 2.75) is 6.54 Å². The van der Waals surface area contributed by atoms with Crippen LogP contribution in [0.2, 0.25) is 0 Å². The minimum Gasteiger partial charge on any atom is -0.478 e. The number of aromatic carboxylic acids is 1. The number of aromatic nitrogens is 1. The highest BCUT2D eigenvalue weighted by atomic mass is 32.1. The molecule has 1 aromatic carbocycles. The van der Waals surface area contributed by atoms with Crippen LogP contribution in [-0.4, -0.2) is 47.1 Å². The second-order valence-corrected chi connectivity index (χ2v) is 5.91. The van der Waals surface area contributed by atoms with E-state index in [1.807, 2.05) is 23.7 Å². The zero-order valence-corrected chi connectivity index (χ0v) is 12.4. The van der Waals surface area contributed by atoms with Gasteiger partial charge in [-0.25, -0.2) is 9.78 Å². The van der Waals surface area contributed by atoms with Crippen molar-refractivity contribution in [3.63, 3.8) is 0 Å². The van der Waals surface area contributed by atoms with Crippen molar-refractivity contribution in [2.75, 3.05) is 31.1 Å². The SMILES string of the molecule is O=C(O)c1ccccc1CN1CCN(c2nccs2)CC1. The molecule has 1 aromatic heterocycles. The first-order chi connectivity index (χ1) is 10.2. The van der Waals surface area contributed by atoms with Gasteiger partial charge < -0.3 is 10.0 Å². The number of carboxylic acid groups (broad SMARTS) is 1. The van der Waals surface area contributed by atoms with Crippen molar-refractivity contribution in [3.8, 4) is 0 Å². The van der Waals surface area contributed by atoms with Crippen LogP contribution in [0.15, 0.2) is 35.8 Å². The quantitative estimate of drug-likeness (QED) is 0.938. The molecule has 110 valence electrons. The Morgan fingerprint density at radius 1 is 1.24 bits per heavy atom. The lowest BCUT2D eigenvalue weighted by Crippen LogP contribution is -2.46. The van der Waals surface area contributed by atoms with E-state index in [2.05, 4.69) is 14.8 Å². The van der Waals surface area contributed by atoms with Crippen LogP contribution in [0.4, 0.5) is 5.13 Å². The van der Waals surface area contributed by atoms with Gasteiger partial charge in [0.2, 0.25) is 0 Å². The first kappa shape index (κ1) is 14.0. The monoisotopic (exact) mass is 303 g/mol. The molecule has 0 saturated carbocycles. The molecule has 21 heavy (non-hydrogen) atoms. The highest BCUT2D eigenvalue weighted by Gasteiger charge is 2.20. The van der Waals surface area contributed by atoms with Gasteiger partial charge in [0, 0.05) is 44.3 Å². The summed E-state index contributed by atoms with van der Waals surface area (Å²) in [6, 6.07) is 7.24. The van der Waals surface area contributed by atoms with Crippen LogP contribution in [0.5, 0.6) is 0 Å². The van der Waals surface area contributed by atoms with Gasteiger partial charge in [0.05, 0.1) is 5.56 Å². The summed E-state index contributed by atoms with van der Waals surface area (Å²) < 4.78 is 0. The van der Waals surface area contributed by atoms with Gasteiger partial charge in [-0.05, 0) is 11.6 Å². The number of anilines is 1. The van der Waals surface area contributed by atoms with E-state index in [0.29, 0.717) is 12.1 Å². The number of hydrogen-bond acceptors (Lipinski definition) is 5. The number of carboxylic acids is 1. The first-order valence-electron chi connectivity index (χ1n) is 6.92. The van der Waals surface area contributed by atoms with Gasteiger partial charge in [-0.2, -0.15) is 0 Å². The van der Waals surface area contributed by atoms with Gasteiger partial charge in [-0.3, -0.25) is 4.90 Å². The Morgan fingerprint density at radius 3 is 2.67 bits per heavy atom. The summed E-state index contributed by atoms with van der Waals surface area (Å²) >= 11 is 1.66. The van der Waals surface area contributed by atoms with Gasteiger partial charge in [0.15, 0.2) is 5.13 Å². The Labute approximate surface area is 127 Å². The molecule has 1 aliphatic rings. The Balaban J connectivity index is 1.62. The van der Waals surface area contributed by atoms with Crippen molar-refractivity contribution in [1.82, 2.24) is 9.88 Å². The molecule has 0 bridgehead atoms. The molecule has 3 rings (SSSR count). The van der Waals surface area contributed by atoms with Crippen LogP contribution in [0, 0.1) is 0 Å². The molecule has 1 fully saturated rings. The number of piperazine rings is 1. The minimum atomic E-state index is -0.855. The number of benzene rings is 1. The minimum absolute atomic E-state index is 0.403. The second kappa shape index (κ2) is 6.24. The zero-order valence-electron chi connectivity index (χ0n) is 11.6. The maximum Gasteiger partial charge on any atom is 0.336 e. The summed E-state index contributed by atoms with van der Waals surface area (Å²) in [6.07, 6.45) is 1.83. The molecule has 0 atom stereocenters. The molecule has 0 aliphatic carbocycles. The van der Waals surface area contributed by atoms with Crippen LogP contribution >= 0.6 is 11.3 Å². The van der Waals surface area contributed by atoms with E-state index in [9.17, 15) is 9.90 Å². The summed E-state index contributed by atoms with van der Waals surface area (Å²) in [5.41, 5.74) is 1.28. The lowest BCUT2D eigenvalue weighted by molar-refractivity contribution is 0.0694. The Morgan fingerprint density at radius 2 is 2.00 bits per heavy atom. The smallest absolute Gasteiger partial charge is 0.336 e. The number of hydrogen-bond donors (Lipinski definition) is 1. The topological polar surface area (TPSA) is 56.7 Å². The normalized spacial score (nSPS) is 16.1. The Hall–Kier alpha value is -1.92. The Kier molecular flexibility index (Phi) is 4.17. The second-order valence-electron chi connectivity index (χ2n) is 5.04. The highest BCUT2D eigenvalue weighted by molar-refractivity contribution is 7.13. The third-order valence-electron chi connectivity index (χ3n) is 3.70. The van der Waals surface area contributed by atoms with Gasteiger partial charge in [-0.15, -0.1) is 11.3 Å². The van der Waals surface area contributed by atoms with Gasteiger partial charge in [-0.1, -0.05) is 18.2 Å². The van der Waals surface area contributed by atoms with Crippen molar-refractivity contribution in [1.29, 1.82) is 0 Å². The standard InChI is InChI=1S/C15H17N3O2S/c19-14(20)13-4-2-1-3-12(13)11-17-6-8-18(9-7-17)15-16-5-10-21-15/h1-5,10H,6-9,11H2,(H,19,20). The average molecular weight is 303 g/mol. The van der Waals surface area contributed by atoms with Gasteiger partial charge in [0.1, 0.15) is 0 Å². The lowest BCUT2D eigenvalue weighted by atomic mass is 10.1. The fourth-order valence-corrected chi connectivity index (χ4v) is 3.27.